The molecule has 166 valence electrons. The molecule has 1 fully saturated rings. The van der Waals surface area contributed by atoms with E-state index in [-0.39, 0.29) is 24.3 Å². The first-order valence-electron chi connectivity index (χ1n) is 10.6. The summed E-state index contributed by atoms with van der Waals surface area (Å²) in [5.74, 6) is 0.852. The van der Waals surface area contributed by atoms with E-state index in [1.165, 1.54) is 0 Å². The Morgan fingerprint density at radius 2 is 1.90 bits per heavy atom. The van der Waals surface area contributed by atoms with Crippen LogP contribution in [0.2, 0.25) is 0 Å². The van der Waals surface area contributed by atoms with Crippen molar-refractivity contribution >= 4 is 11.8 Å². The average molecular weight is 426 g/mol. The van der Waals surface area contributed by atoms with Gasteiger partial charge in [-0.2, -0.15) is 0 Å². The molecule has 0 aliphatic carbocycles. The molecule has 1 saturated heterocycles. The number of nitrogens with zero attached hydrogens (tertiary/aromatic N) is 2. The highest BCUT2D eigenvalue weighted by Crippen LogP contribution is 2.29. The largest absolute Gasteiger partial charge is 0.493 e. The predicted octanol–water partition coefficient (Wildman–Crippen LogP) is 2.43. The quantitative estimate of drug-likeness (QED) is 0.667. The molecule has 0 spiro atoms. The molecule has 1 atom stereocenters. The molecule has 2 aromatic rings. The summed E-state index contributed by atoms with van der Waals surface area (Å²) in [4.78, 5) is 27.8. The van der Waals surface area contributed by atoms with Gasteiger partial charge in [-0.25, -0.2) is 0 Å². The van der Waals surface area contributed by atoms with Crippen molar-refractivity contribution in [1.29, 1.82) is 0 Å². The Morgan fingerprint density at radius 3 is 2.61 bits per heavy atom. The highest BCUT2D eigenvalue weighted by Gasteiger charge is 2.26. The van der Waals surface area contributed by atoms with E-state index in [4.69, 9.17) is 15.2 Å². The zero-order chi connectivity index (χ0) is 22.2. The minimum atomic E-state index is -0.285. The van der Waals surface area contributed by atoms with E-state index in [2.05, 4.69) is 0 Å². The third-order valence-corrected chi connectivity index (χ3v) is 5.58. The zero-order valence-electron chi connectivity index (χ0n) is 18.3. The van der Waals surface area contributed by atoms with Crippen LogP contribution in [0.1, 0.15) is 24.0 Å². The number of likely N-dealkylation sites (tertiary alicyclic amines) is 1. The normalized spacial score (nSPS) is 16.5. The Kier molecular flexibility index (Phi) is 7.89. The van der Waals surface area contributed by atoms with Crippen molar-refractivity contribution in [3.63, 3.8) is 0 Å². The number of ether oxygens (including phenoxy) is 2. The predicted molar refractivity (Wildman–Crippen MR) is 119 cm³/mol. The molecule has 0 aromatic heterocycles. The van der Waals surface area contributed by atoms with E-state index in [0.717, 1.165) is 30.5 Å². The highest BCUT2D eigenvalue weighted by atomic mass is 16.5. The van der Waals surface area contributed by atoms with Gasteiger partial charge < -0.3 is 20.1 Å². The van der Waals surface area contributed by atoms with Gasteiger partial charge in [0.05, 0.1) is 19.6 Å². The third kappa shape index (κ3) is 6.46. The monoisotopic (exact) mass is 425 g/mol. The molecule has 0 bridgehead atoms. The second-order valence-electron chi connectivity index (χ2n) is 7.99. The molecule has 0 saturated carbocycles. The second-order valence-corrected chi connectivity index (χ2v) is 7.99. The maximum atomic E-state index is 12.7. The number of hydrogen-bond donors (Lipinski definition) is 1. The van der Waals surface area contributed by atoms with Gasteiger partial charge in [-0.15, -0.1) is 0 Å². The van der Waals surface area contributed by atoms with Gasteiger partial charge in [0.25, 0.3) is 0 Å². The fourth-order valence-corrected chi connectivity index (χ4v) is 3.77. The number of benzene rings is 2. The summed E-state index contributed by atoms with van der Waals surface area (Å²) in [7, 11) is 3.39. The lowest BCUT2D eigenvalue weighted by atomic mass is 9.97. The van der Waals surface area contributed by atoms with E-state index in [9.17, 15) is 9.59 Å². The van der Waals surface area contributed by atoms with Gasteiger partial charge in [0.15, 0.2) is 11.5 Å². The Morgan fingerprint density at radius 1 is 1.13 bits per heavy atom. The van der Waals surface area contributed by atoms with Crippen molar-refractivity contribution in [3.05, 3.63) is 59.7 Å². The van der Waals surface area contributed by atoms with Gasteiger partial charge in [-0.1, -0.05) is 36.4 Å². The molecule has 7 heteroatoms. The van der Waals surface area contributed by atoms with Crippen LogP contribution in [0, 0.1) is 5.92 Å². The van der Waals surface area contributed by atoms with Crippen molar-refractivity contribution in [1.82, 2.24) is 9.80 Å². The Bertz CT molecular complexity index is 888. The molecule has 2 amide bonds. The van der Waals surface area contributed by atoms with Crippen LogP contribution in [0.4, 0.5) is 0 Å². The van der Waals surface area contributed by atoms with E-state index in [1.807, 2.05) is 53.4 Å². The summed E-state index contributed by atoms with van der Waals surface area (Å²) < 4.78 is 11.4. The number of carbonyl (C=O) groups is 2. The number of hydrogen-bond acceptors (Lipinski definition) is 5. The Balaban J connectivity index is 1.55. The van der Waals surface area contributed by atoms with Crippen LogP contribution in [0.5, 0.6) is 11.5 Å². The van der Waals surface area contributed by atoms with Gasteiger partial charge in [-0.3, -0.25) is 14.5 Å². The lowest BCUT2D eigenvalue weighted by molar-refractivity contribution is -0.133. The summed E-state index contributed by atoms with van der Waals surface area (Å²) in [6, 6.07) is 15.7. The minimum absolute atomic E-state index is 0.00786. The number of primary amides is 1. The van der Waals surface area contributed by atoms with Gasteiger partial charge in [0.1, 0.15) is 6.61 Å². The molecule has 0 radical (unpaired) electrons. The number of amides is 2. The molecule has 2 aromatic carbocycles. The maximum Gasteiger partial charge on any atom is 0.236 e. The molecule has 1 aliphatic heterocycles. The third-order valence-electron chi connectivity index (χ3n) is 5.58. The standard InChI is InChI=1S/C24H31N3O4/c1-26(23(28)16-27-12-6-9-20(15-27)24(25)29)14-19-10-11-21(22(13-19)30-2)31-17-18-7-4-3-5-8-18/h3-5,7-8,10-11,13,20H,6,9,12,14-17H2,1-2H3,(H2,25,29)/t20-/m1/s1. The summed E-state index contributed by atoms with van der Waals surface area (Å²) in [5.41, 5.74) is 7.46. The number of rotatable bonds is 9. The second kappa shape index (κ2) is 10.8. The van der Waals surface area contributed by atoms with E-state index >= 15 is 0 Å². The Labute approximate surface area is 183 Å². The van der Waals surface area contributed by atoms with Crippen molar-refractivity contribution in [3.8, 4) is 11.5 Å². The van der Waals surface area contributed by atoms with Crippen molar-refractivity contribution in [2.24, 2.45) is 11.7 Å². The highest BCUT2D eigenvalue weighted by molar-refractivity contribution is 5.79. The van der Waals surface area contributed by atoms with Crippen LogP contribution in [0.3, 0.4) is 0 Å². The number of piperidine rings is 1. The number of nitrogens with two attached hydrogens (primary N) is 1. The molecule has 31 heavy (non-hydrogen) atoms. The van der Waals surface area contributed by atoms with E-state index in [1.54, 1.807) is 19.1 Å². The fraction of sp³-hybridized carbons (Fsp3) is 0.417. The summed E-state index contributed by atoms with van der Waals surface area (Å²) >= 11 is 0. The zero-order valence-corrected chi connectivity index (χ0v) is 18.3. The van der Waals surface area contributed by atoms with Gasteiger partial charge in [0, 0.05) is 20.1 Å². The number of likely N-dealkylation sites (N-methyl/N-ethyl adjacent to an activating group) is 1. The summed E-state index contributed by atoms with van der Waals surface area (Å²) in [6.45, 7) is 2.56. The molecule has 7 nitrogen and oxygen atoms in total. The Hall–Kier alpha value is -3.06. The SMILES string of the molecule is COc1cc(CN(C)C(=O)CN2CCC[C@@H](C(N)=O)C2)ccc1OCc1ccccc1. The van der Waals surface area contributed by atoms with E-state index < -0.39 is 0 Å². The lowest BCUT2D eigenvalue weighted by Gasteiger charge is -2.31. The number of methoxy groups -OCH3 is 1. The van der Waals surface area contributed by atoms with Crippen LogP contribution in [0.25, 0.3) is 0 Å². The van der Waals surface area contributed by atoms with Crippen molar-refractivity contribution in [2.45, 2.75) is 26.0 Å². The van der Waals surface area contributed by atoms with Gasteiger partial charge in [-0.05, 0) is 42.6 Å². The smallest absolute Gasteiger partial charge is 0.236 e. The minimum Gasteiger partial charge on any atom is -0.493 e. The van der Waals surface area contributed by atoms with Crippen molar-refractivity contribution < 1.29 is 19.1 Å². The van der Waals surface area contributed by atoms with E-state index in [0.29, 0.717) is 31.2 Å². The van der Waals surface area contributed by atoms with Gasteiger partial charge >= 0.3 is 0 Å². The lowest BCUT2D eigenvalue weighted by Crippen LogP contribution is -2.45. The van der Waals surface area contributed by atoms with Crippen molar-refractivity contribution in [2.75, 3.05) is 33.8 Å². The first-order chi connectivity index (χ1) is 15.0. The molecule has 2 N–H and O–H groups in total. The molecular formula is C24H31N3O4. The van der Waals surface area contributed by atoms with Crippen LogP contribution in [0.15, 0.2) is 48.5 Å². The fourth-order valence-electron chi connectivity index (χ4n) is 3.77. The summed E-state index contributed by atoms with van der Waals surface area (Å²) in [5, 5.41) is 0. The van der Waals surface area contributed by atoms with Crippen LogP contribution in [-0.4, -0.2) is 55.4 Å². The topological polar surface area (TPSA) is 85.1 Å². The van der Waals surface area contributed by atoms with Gasteiger partial charge in [0.2, 0.25) is 11.8 Å². The van der Waals surface area contributed by atoms with Crippen LogP contribution < -0.4 is 15.2 Å². The van der Waals surface area contributed by atoms with Crippen LogP contribution in [-0.2, 0) is 22.7 Å². The molecular weight excluding hydrogens is 394 g/mol. The average Bonchev–Trinajstić information content (AvgIpc) is 2.78. The van der Waals surface area contributed by atoms with Crippen LogP contribution >= 0.6 is 0 Å². The first kappa shape index (κ1) is 22.6. The summed E-state index contributed by atoms with van der Waals surface area (Å²) in [6.07, 6.45) is 1.68. The maximum absolute atomic E-state index is 12.7. The number of carbonyl (C=O) groups excluding carboxylic acids is 2. The molecule has 1 heterocycles. The molecule has 3 rings (SSSR count). The first-order valence-corrected chi connectivity index (χ1v) is 10.6. The molecule has 1 aliphatic rings. The molecule has 0 unspecified atom stereocenters.